The van der Waals surface area contributed by atoms with Crippen LogP contribution in [0.15, 0.2) is 41.2 Å². The largest absolute Gasteiger partial charge is 0.471 e. The number of carbonyl (C=O) groups is 4. The van der Waals surface area contributed by atoms with Gasteiger partial charge in [-0.25, -0.2) is 17.9 Å². The van der Waals surface area contributed by atoms with Crippen LogP contribution in [0.25, 0.3) is 10.8 Å². The molecule has 1 aromatic heterocycles. The fourth-order valence-electron chi connectivity index (χ4n) is 8.26. The molecule has 4 amide bonds. The molecule has 0 radical (unpaired) electrons. The number of carboxylic acid groups (broad SMARTS) is 1. The highest BCUT2D eigenvalue weighted by molar-refractivity contribution is 7.91. The predicted molar refractivity (Wildman–Crippen MR) is 207 cm³/mol. The fourth-order valence-corrected chi connectivity index (χ4v) is 9.63. The van der Waals surface area contributed by atoms with E-state index >= 15 is 4.79 Å². The highest BCUT2D eigenvalue weighted by atomic mass is 32.2. The number of aromatic nitrogens is 2. The summed E-state index contributed by atoms with van der Waals surface area (Å²) < 4.78 is 84.7. The van der Waals surface area contributed by atoms with E-state index in [1.165, 1.54) is 14.0 Å². The Morgan fingerprint density at radius 3 is 2.39 bits per heavy atom. The van der Waals surface area contributed by atoms with Crippen molar-refractivity contribution in [3.8, 4) is 5.88 Å². The first-order chi connectivity index (χ1) is 27.6. The van der Waals surface area contributed by atoms with Crippen LogP contribution in [-0.2, 0) is 35.7 Å². The number of allylic oxidation sites excluding steroid dienone is 1. The Labute approximate surface area is 339 Å². The molecule has 7 atom stereocenters. The Balaban J connectivity index is 1.44. The average molecular weight is 853 g/mol. The maximum Gasteiger partial charge on any atom is 0.411 e. The number of hydrogen-bond acceptors (Lipinski definition) is 10. The minimum atomic E-state index is -5.12. The van der Waals surface area contributed by atoms with E-state index in [9.17, 15) is 45.9 Å². The van der Waals surface area contributed by atoms with Gasteiger partial charge in [0.25, 0.3) is 11.5 Å². The molecule has 2 aliphatic heterocycles. The maximum atomic E-state index is 15.0. The van der Waals surface area contributed by atoms with E-state index in [0.717, 1.165) is 9.58 Å². The van der Waals surface area contributed by atoms with Crippen LogP contribution in [-0.4, -0.2) is 118 Å². The normalized spacial score (nSPS) is 28.7. The van der Waals surface area contributed by atoms with Crippen LogP contribution >= 0.6 is 0 Å². The Kier molecular flexibility index (Phi) is 12.2. The summed E-state index contributed by atoms with van der Waals surface area (Å²) in [4.78, 5) is 70.7. The standard InChI is InChI=1S/C39H51F3N6O10S/c1-22-10-6-7-11-24-20-38(24,35(52)45-59(55,56)26-14-15-26)43-31(49)29-19-25(58-32-27-12-8-9-13-28(27)33(50)47(44-32)16-17-57-5)21-46(29)34(51)30(23(2)18-22)48(36(53)54)37(3,4)39(40,41)42/h7-9,11-13,22-26,29-30H,6,10,14-21H2,1-5H3,(H,43,49)(H,45,52)(H,53,54)/b11-7-/t22-,23+,24+,25+,29-,30-,38+/m0/s1. The Bertz CT molecular complexity index is 2180. The molecule has 1 saturated heterocycles. The van der Waals surface area contributed by atoms with Gasteiger partial charge in [-0.05, 0) is 76.3 Å². The van der Waals surface area contributed by atoms with Gasteiger partial charge in [0, 0.05) is 19.4 Å². The average Bonchev–Trinajstić information content (AvgIpc) is 4.08. The van der Waals surface area contributed by atoms with E-state index in [4.69, 9.17) is 9.47 Å². The fraction of sp³-hybridized carbons (Fsp3) is 0.641. The third-order valence-electron chi connectivity index (χ3n) is 12.0. The van der Waals surface area contributed by atoms with E-state index in [2.05, 4.69) is 15.1 Å². The molecule has 2 aromatic rings. The second-order valence-corrected chi connectivity index (χ2v) is 18.7. The lowest BCUT2D eigenvalue weighted by Crippen LogP contribution is -2.66. The molecule has 59 heavy (non-hydrogen) atoms. The van der Waals surface area contributed by atoms with Gasteiger partial charge in [0.15, 0.2) is 0 Å². The zero-order valence-corrected chi connectivity index (χ0v) is 34.3. The first kappa shape index (κ1) is 43.8. The van der Waals surface area contributed by atoms with Crippen molar-refractivity contribution in [3.05, 3.63) is 46.8 Å². The molecule has 2 aliphatic carbocycles. The molecule has 6 rings (SSSR count). The minimum absolute atomic E-state index is 0.0303. The van der Waals surface area contributed by atoms with Crippen molar-refractivity contribution in [1.29, 1.82) is 0 Å². The summed E-state index contributed by atoms with van der Waals surface area (Å²) in [5.41, 5.74) is -5.24. The molecule has 3 N–H and O–H groups in total. The monoisotopic (exact) mass is 852 g/mol. The Morgan fingerprint density at radius 2 is 1.76 bits per heavy atom. The van der Waals surface area contributed by atoms with E-state index in [1.807, 2.05) is 6.92 Å². The molecule has 0 bridgehead atoms. The molecule has 324 valence electrons. The van der Waals surface area contributed by atoms with Crippen LogP contribution in [0.3, 0.4) is 0 Å². The number of benzene rings is 1. The minimum Gasteiger partial charge on any atom is -0.471 e. The quantitative estimate of drug-likeness (QED) is 0.295. The van der Waals surface area contributed by atoms with Crippen LogP contribution in [0.2, 0.25) is 0 Å². The highest BCUT2D eigenvalue weighted by Gasteiger charge is 2.63. The van der Waals surface area contributed by atoms with E-state index in [1.54, 1.807) is 36.4 Å². The molecular weight excluding hydrogens is 802 g/mol. The van der Waals surface area contributed by atoms with Gasteiger partial charge in [-0.15, -0.1) is 5.10 Å². The van der Waals surface area contributed by atoms with Gasteiger partial charge in [-0.1, -0.05) is 38.1 Å². The van der Waals surface area contributed by atoms with Crippen molar-refractivity contribution in [2.24, 2.45) is 17.8 Å². The van der Waals surface area contributed by atoms with Crippen molar-refractivity contribution in [3.63, 3.8) is 0 Å². The smallest absolute Gasteiger partial charge is 0.411 e. The van der Waals surface area contributed by atoms with E-state index < -0.39 is 98.5 Å². The number of ether oxygens (including phenoxy) is 2. The number of hydrogen-bond donors (Lipinski definition) is 3. The zero-order valence-electron chi connectivity index (χ0n) is 33.5. The second-order valence-electron chi connectivity index (χ2n) is 16.8. The maximum absolute atomic E-state index is 15.0. The number of halogens is 3. The number of carbonyl (C=O) groups excluding carboxylic acids is 3. The Morgan fingerprint density at radius 1 is 1.08 bits per heavy atom. The SMILES string of the molecule is COCCn1nc(O[C@@H]2C[C@H]3C(=O)N[C@]4(C(=O)NS(=O)(=O)C5CC5)C[C@H]4/C=C\CC[C@H](C)C[C@@H](C)[C@H](N(C(=O)O)C(C)(C)C(F)(F)F)C(=O)N3C2)c2ccccc2c1=O. The summed E-state index contributed by atoms with van der Waals surface area (Å²) in [5.74, 6) is -4.84. The van der Waals surface area contributed by atoms with E-state index in [0.29, 0.717) is 44.9 Å². The summed E-state index contributed by atoms with van der Waals surface area (Å²) in [6.07, 6.45) is -3.14. The highest BCUT2D eigenvalue weighted by Crippen LogP contribution is 2.47. The number of sulfonamides is 1. The summed E-state index contributed by atoms with van der Waals surface area (Å²) in [6, 6.07) is 2.98. The zero-order chi connectivity index (χ0) is 43.2. The number of alkyl halides is 3. The molecule has 20 heteroatoms. The lowest BCUT2D eigenvalue weighted by molar-refractivity contribution is -0.222. The van der Waals surface area contributed by atoms with Crippen molar-refractivity contribution in [2.45, 2.75) is 120 Å². The third-order valence-corrected chi connectivity index (χ3v) is 13.8. The number of rotatable bonds is 10. The first-order valence-corrected chi connectivity index (χ1v) is 21.3. The molecule has 4 aliphatic rings. The summed E-state index contributed by atoms with van der Waals surface area (Å²) in [6.45, 7) is 4.42. The van der Waals surface area contributed by atoms with Gasteiger partial charge in [0.2, 0.25) is 27.7 Å². The van der Waals surface area contributed by atoms with Gasteiger partial charge < -0.3 is 24.8 Å². The van der Waals surface area contributed by atoms with Gasteiger partial charge in [0.1, 0.15) is 29.3 Å². The first-order valence-electron chi connectivity index (χ1n) is 19.7. The van der Waals surface area contributed by atoms with Crippen molar-refractivity contribution >= 4 is 44.6 Å². The molecule has 3 fully saturated rings. The molecular formula is C39H51F3N6O10S. The number of amides is 4. The van der Waals surface area contributed by atoms with Crippen LogP contribution in [0.5, 0.6) is 5.88 Å². The van der Waals surface area contributed by atoms with Crippen LogP contribution in [0.1, 0.15) is 72.6 Å². The van der Waals surface area contributed by atoms with Crippen molar-refractivity contribution in [1.82, 2.24) is 29.6 Å². The lowest BCUT2D eigenvalue weighted by Gasteiger charge is -2.45. The molecule has 0 unspecified atom stereocenters. The topological polar surface area (TPSA) is 207 Å². The lowest BCUT2D eigenvalue weighted by atomic mass is 9.85. The number of methoxy groups -OCH3 is 1. The molecule has 16 nitrogen and oxygen atoms in total. The van der Waals surface area contributed by atoms with Crippen LogP contribution < -0.4 is 20.3 Å². The molecule has 1 aromatic carbocycles. The van der Waals surface area contributed by atoms with Gasteiger partial charge >= 0.3 is 12.3 Å². The summed E-state index contributed by atoms with van der Waals surface area (Å²) in [7, 11) is -2.60. The van der Waals surface area contributed by atoms with Crippen molar-refractivity contribution in [2.75, 3.05) is 20.3 Å². The van der Waals surface area contributed by atoms with E-state index in [-0.39, 0.29) is 54.5 Å². The van der Waals surface area contributed by atoms with Crippen LogP contribution in [0, 0.1) is 17.8 Å². The van der Waals surface area contributed by atoms with Gasteiger partial charge in [0.05, 0.1) is 35.7 Å². The van der Waals surface area contributed by atoms with Crippen molar-refractivity contribution < 1.29 is 55.3 Å². The van der Waals surface area contributed by atoms with Gasteiger partial charge in [-0.3, -0.25) is 28.8 Å². The molecule has 0 spiro atoms. The molecule has 2 saturated carbocycles. The Hall–Kier alpha value is -4.72. The number of nitrogens with zero attached hydrogens (tertiary/aromatic N) is 4. The van der Waals surface area contributed by atoms with Gasteiger partial charge in [-0.2, -0.15) is 13.2 Å². The summed E-state index contributed by atoms with van der Waals surface area (Å²) >= 11 is 0. The predicted octanol–water partition coefficient (Wildman–Crippen LogP) is 3.58. The third kappa shape index (κ3) is 8.79. The number of fused-ring (bicyclic) bond motifs is 3. The number of nitrogens with one attached hydrogen (secondary N) is 2. The summed E-state index contributed by atoms with van der Waals surface area (Å²) in [5, 5.41) is 17.4. The molecule has 3 heterocycles. The van der Waals surface area contributed by atoms with Crippen LogP contribution in [0.4, 0.5) is 18.0 Å². The second kappa shape index (κ2) is 16.4.